The van der Waals surface area contributed by atoms with Crippen LogP contribution in [0.2, 0.25) is 0 Å². The molecule has 160 valence electrons. The Morgan fingerprint density at radius 1 is 0.731 bits per heavy atom. The van der Waals surface area contributed by atoms with E-state index in [0.717, 1.165) is 0 Å². The summed E-state index contributed by atoms with van der Waals surface area (Å²) in [6.07, 6.45) is 11.2. The van der Waals surface area contributed by atoms with Crippen LogP contribution < -0.4 is 0 Å². The van der Waals surface area contributed by atoms with Crippen LogP contribution in [0.25, 0.3) is 0 Å². The Morgan fingerprint density at radius 2 is 1.04 bits per heavy atom. The molecule has 0 spiro atoms. The van der Waals surface area contributed by atoms with Crippen LogP contribution in [-0.2, 0) is 10.1 Å². The van der Waals surface area contributed by atoms with Crippen LogP contribution in [-0.4, -0.2) is 49.1 Å². The van der Waals surface area contributed by atoms with Crippen LogP contribution in [0.5, 0.6) is 0 Å². The highest BCUT2D eigenvalue weighted by molar-refractivity contribution is 7.86. The third-order valence-corrected chi connectivity index (χ3v) is 5.64. The molecule has 0 aliphatic carbocycles. The van der Waals surface area contributed by atoms with Crippen LogP contribution in [0, 0.1) is 0 Å². The van der Waals surface area contributed by atoms with E-state index in [-0.39, 0.29) is 6.42 Å². The minimum atomic E-state index is -4.68. The first kappa shape index (κ1) is 28.0. The maximum Gasteiger partial charge on any atom is 0.189 e. The first-order chi connectivity index (χ1) is 12.2. The zero-order valence-electron chi connectivity index (χ0n) is 17.9. The Balaban J connectivity index is 0. The van der Waals surface area contributed by atoms with Crippen molar-refractivity contribution in [3.8, 4) is 0 Å². The van der Waals surface area contributed by atoms with Crippen LogP contribution in [0.1, 0.15) is 98.8 Å². The molecule has 0 aliphatic rings. The fraction of sp³-hybridized carbons (Fsp3) is 1.00. The summed E-state index contributed by atoms with van der Waals surface area (Å²) < 4.78 is 42.8. The first-order valence-corrected chi connectivity index (χ1v) is 12.1. The van der Waals surface area contributed by atoms with E-state index in [2.05, 4.69) is 27.7 Å². The lowest BCUT2D eigenvalue weighted by molar-refractivity contribution is -0.929. The van der Waals surface area contributed by atoms with E-state index in [9.17, 15) is 17.4 Å². The van der Waals surface area contributed by atoms with Gasteiger partial charge in [-0.05, 0) is 32.1 Å². The molecular formula is C20H44FNO3S. The van der Waals surface area contributed by atoms with Crippen molar-refractivity contribution in [3.05, 3.63) is 0 Å². The molecule has 4 nitrogen and oxygen atoms in total. The van der Waals surface area contributed by atoms with Crippen LogP contribution in [0.4, 0.5) is 4.39 Å². The third kappa shape index (κ3) is 14.9. The van der Waals surface area contributed by atoms with Gasteiger partial charge in [-0.1, -0.05) is 66.7 Å². The Labute approximate surface area is 162 Å². The summed E-state index contributed by atoms with van der Waals surface area (Å²) in [7, 11) is -4.68. The van der Waals surface area contributed by atoms with Gasteiger partial charge in [0.15, 0.2) is 5.50 Å². The number of hydrogen-bond acceptors (Lipinski definition) is 3. The molecular weight excluding hydrogens is 353 g/mol. The maximum atomic E-state index is 12.0. The molecule has 0 radical (unpaired) electrons. The number of rotatable bonds is 15. The zero-order valence-corrected chi connectivity index (χ0v) is 18.8. The average Bonchev–Trinajstić information content (AvgIpc) is 2.60. The lowest BCUT2D eigenvalue weighted by Gasteiger charge is -2.39. The Morgan fingerprint density at radius 3 is 1.19 bits per heavy atom. The number of hydrogen-bond donors (Lipinski definition) is 0. The van der Waals surface area contributed by atoms with Gasteiger partial charge in [0.05, 0.1) is 26.2 Å². The van der Waals surface area contributed by atoms with Crippen LogP contribution in [0.15, 0.2) is 0 Å². The van der Waals surface area contributed by atoms with Gasteiger partial charge in [0.25, 0.3) is 0 Å². The molecule has 0 aliphatic heterocycles. The molecule has 1 unspecified atom stereocenters. The van der Waals surface area contributed by atoms with Gasteiger partial charge in [-0.25, -0.2) is 12.8 Å². The van der Waals surface area contributed by atoms with E-state index in [4.69, 9.17) is 0 Å². The zero-order chi connectivity index (χ0) is 20.5. The number of alkyl halides is 1. The molecule has 0 N–H and O–H groups in total. The van der Waals surface area contributed by atoms with Gasteiger partial charge in [0, 0.05) is 0 Å². The quantitative estimate of drug-likeness (QED) is 0.266. The second kappa shape index (κ2) is 16.9. The predicted octanol–water partition coefficient (Wildman–Crippen LogP) is 5.63. The van der Waals surface area contributed by atoms with Crippen molar-refractivity contribution in [2.75, 3.05) is 26.2 Å². The summed E-state index contributed by atoms with van der Waals surface area (Å²) in [4.78, 5) is 0. The predicted molar refractivity (Wildman–Crippen MR) is 109 cm³/mol. The van der Waals surface area contributed by atoms with Crippen LogP contribution in [0.3, 0.4) is 0 Å². The van der Waals surface area contributed by atoms with Crippen molar-refractivity contribution in [1.29, 1.82) is 0 Å². The van der Waals surface area contributed by atoms with E-state index in [1.165, 1.54) is 82.0 Å². The van der Waals surface area contributed by atoms with Crippen molar-refractivity contribution in [3.63, 3.8) is 0 Å². The highest BCUT2D eigenvalue weighted by Gasteiger charge is 2.24. The summed E-state index contributed by atoms with van der Waals surface area (Å²) in [5.41, 5.74) is -2.22. The van der Waals surface area contributed by atoms with Gasteiger partial charge in [-0.15, -0.1) is 0 Å². The van der Waals surface area contributed by atoms with Gasteiger partial charge in [0.1, 0.15) is 10.1 Å². The van der Waals surface area contributed by atoms with Crippen LogP contribution >= 0.6 is 0 Å². The molecule has 0 amide bonds. The minimum Gasteiger partial charge on any atom is -0.746 e. The van der Waals surface area contributed by atoms with Crippen molar-refractivity contribution < 1.29 is 21.8 Å². The molecule has 26 heavy (non-hydrogen) atoms. The largest absolute Gasteiger partial charge is 0.746 e. The maximum absolute atomic E-state index is 12.0. The molecule has 0 rings (SSSR count). The molecule has 1 atom stereocenters. The van der Waals surface area contributed by atoms with Gasteiger partial charge >= 0.3 is 0 Å². The normalized spacial score (nSPS) is 13.2. The topological polar surface area (TPSA) is 57.2 Å². The standard InChI is InChI=1S/C16H36N.C4H9FO3S/c1-5-9-13-17(14-10-6-2,15-11-7-3)16-12-8-4;1-2-3-4(5)9(6,7)8/h5-16H2,1-4H3;4H,2-3H2,1H3,(H,6,7,8)/q+1;/p-1. The van der Waals surface area contributed by atoms with Crippen molar-refractivity contribution in [1.82, 2.24) is 0 Å². The average molecular weight is 398 g/mol. The fourth-order valence-corrected chi connectivity index (χ4v) is 3.54. The number of quaternary nitrogens is 1. The molecule has 0 heterocycles. The molecule has 0 bridgehead atoms. The Kier molecular flexibility index (Phi) is 18.2. The van der Waals surface area contributed by atoms with Gasteiger partial charge in [-0.2, -0.15) is 0 Å². The molecule has 0 saturated carbocycles. The second-order valence-corrected chi connectivity index (χ2v) is 8.84. The van der Waals surface area contributed by atoms with E-state index in [0.29, 0.717) is 6.42 Å². The van der Waals surface area contributed by atoms with Gasteiger partial charge in [0.2, 0.25) is 0 Å². The first-order valence-electron chi connectivity index (χ1n) is 10.7. The Hall–Kier alpha value is -0.200. The molecule has 0 aromatic carbocycles. The summed E-state index contributed by atoms with van der Waals surface area (Å²) in [5, 5.41) is 0. The number of halogens is 1. The molecule has 0 aromatic heterocycles. The molecule has 0 saturated heterocycles. The number of nitrogens with zero attached hydrogens (tertiary/aromatic N) is 1. The lowest BCUT2D eigenvalue weighted by atomic mass is 10.1. The van der Waals surface area contributed by atoms with Gasteiger partial charge < -0.3 is 9.04 Å². The van der Waals surface area contributed by atoms with Crippen molar-refractivity contribution in [2.45, 2.75) is 104 Å². The van der Waals surface area contributed by atoms with E-state index in [1.54, 1.807) is 6.92 Å². The number of unbranched alkanes of at least 4 members (excludes halogenated alkanes) is 4. The third-order valence-electron chi connectivity index (χ3n) is 4.77. The second-order valence-electron chi connectivity index (χ2n) is 7.34. The lowest BCUT2D eigenvalue weighted by Crippen LogP contribution is -2.50. The summed E-state index contributed by atoms with van der Waals surface area (Å²) >= 11 is 0. The van der Waals surface area contributed by atoms with E-state index in [1.807, 2.05) is 0 Å². The highest BCUT2D eigenvalue weighted by atomic mass is 32.2. The smallest absolute Gasteiger partial charge is 0.189 e. The SMILES string of the molecule is CCCC(F)S(=O)(=O)[O-].CCCC[N+](CCCC)(CCCC)CCCC. The van der Waals surface area contributed by atoms with Crippen molar-refractivity contribution in [2.24, 2.45) is 0 Å². The van der Waals surface area contributed by atoms with E-state index >= 15 is 0 Å². The van der Waals surface area contributed by atoms with Crippen molar-refractivity contribution >= 4 is 10.1 Å². The highest BCUT2D eigenvalue weighted by Crippen LogP contribution is 2.16. The fourth-order valence-electron chi connectivity index (χ4n) is 3.02. The Bertz CT molecular complexity index is 364. The molecule has 0 fully saturated rings. The monoisotopic (exact) mass is 397 g/mol. The molecule has 0 aromatic rings. The summed E-state index contributed by atoms with van der Waals surface area (Å²) in [5.74, 6) is 0. The molecule has 6 heteroatoms. The summed E-state index contributed by atoms with van der Waals surface area (Å²) in [6, 6.07) is 0. The van der Waals surface area contributed by atoms with E-state index < -0.39 is 15.6 Å². The minimum absolute atomic E-state index is 0.203. The van der Waals surface area contributed by atoms with Gasteiger partial charge in [-0.3, -0.25) is 0 Å². The summed E-state index contributed by atoms with van der Waals surface area (Å²) in [6.45, 7) is 16.6.